The maximum atomic E-state index is 12.3. The molecule has 0 saturated heterocycles. The summed E-state index contributed by atoms with van der Waals surface area (Å²) < 4.78 is 30.3. The summed E-state index contributed by atoms with van der Waals surface area (Å²) in [5, 5.41) is -0.180. The van der Waals surface area contributed by atoms with E-state index in [1.54, 1.807) is 0 Å². The average molecular weight is 311 g/mol. The Labute approximate surface area is 127 Å². The standard InChI is InChI=1S/C16H25NO3S/c1-13-4-2-7-16(10-13)21(18,19)9-8-20-15-6-3-5-14(11-15)12-17/h3,5-6,11,13,16H,2,4,7-10,12,17H2,1H3. The van der Waals surface area contributed by atoms with Gasteiger partial charge in [0.05, 0.1) is 11.0 Å². The van der Waals surface area contributed by atoms with Crippen LogP contribution >= 0.6 is 0 Å². The van der Waals surface area contributed by atoms with Crippen molar-refractivity contribution in [2.75, 3.05) is 12.4 Å². The average Bonchev–Trinajstić information content (AvgIpc) is 2.47. The molecule has 4 nitrogen and oxygen atoms in total. The molecule has 2 rings (SSSR count). The zero-order valence-electron chi connectivity index (χ0n) is 12.6. The highest BCUT2D eigenvalue weighted by Crippen LogP contribution is 2.28. The van der Waals surface area contributed by atoms with E-state index in [0.717, 1.165) is 31.2 Å². The molecule has 1 aromatic carbocycles. The van der Waals surface area contributed by atoms with E-state index >= 15 is 0 Å². The van der Waals surface area contributed by atoms with Gasteiger partial charge >= 0.3 is 0 Å². The summed E-state index contributed by atoms with van der Waals surface area (Å²) in [6.07, 6.45) is 3.76. The van der Waals surface area contributed by atoms with E-state index in [0.29, 0.717) is 18.2 Å². The van der Waals surface area contributed by atoms with Crippen molar-refractivity contribution in [2.24, 2.45) is 11.7 Å². The molecule has 21 heavy (non-hydrogen) atoms. The lowest BCUT2D eigenvalue weighted by Gasteiger charge is -2.26. The van der Waals surface area contributed by atoms with E-state index < -0.39 is 9.84 Å². The maximum Gasteiger partial charge on any atom is 0.156 e. The van der Waals surface area contributed by atoms with Gasteiger partial charge in [0.2, 0.25) is 0 Å². The van der Waals surface area contributed by atoms with Crippen molar-refractivity contribution in [1.82, 2.24) is 0 Å². The Bertz CT molecular complexity index is 556. The second kappa shape index (κ2) is 7.27. The molecule has 0 amide bonds. The lowest BCUT2D eigenvalue weighted by atomic mass is 9.91. The van der Waals surface area contributed by atoms with Crippen molar-refractivity contribution in [3.63, 3.8) is 0 Å². The van der Waals surface area contributed by atoms with Gasteiger partial charge in [-0.25, -0.2) is 8.42 Å². The first-order chi connectivity index (χ1) is 10.0. The van der Waals surface area contributed by atoms with Gasteiger partial charge in [0.25, 0.3) is 0 Å². The van der Waals surface area contributed by atoms with E-state index in [1.807, 2.05) is 24.3 Å². The van der Waals surface area contributed by atoms with Crippen LogP contribution in [0.4, 0.5) is 0 Å². The Hall–Kier alpha value is -1.07. The lowest BCUT2D eigenvalue weighted by molar-refractivity contribution is 0.336. The highest BCUT2D eigenvalue weighted by molar-refractivity contribution is 7.92. The van der Waals surface area contributed by atoms with Crippen molar-refractivity contribution in [1.29, 1.82) is 0 Å². The van der Waals surface area contributed by atoms with Crippen LogP contribution < -0.4 is 10.5 Å². The molecule has 0 aliphatic heterocycles. The molecule has 1 aliphatic carbocycles. The number of hydrogen-bond donors (Lipinski definition) is 1. The van der Waals surface area contributed by atoms with Gasteiger partial charge < -0.3 is 10.5 Å². The van der Waals surface area contributed by atoms with E-state index in [1.165, 1.54) is 0 Å². The lowest BCUT2D eigenvalue weighted by Crippen LogP contribution is -2.31. The minimum Gasteiger partial charge on any atom is -0.493 e. The van der Waals surface area contributed by atoms with Crippen molar-refractivity contribution in [2.45, 2.75) is 44.4 Å². The van der Waals surface area contributed by atoms with Crippen molar-refractivity contribution in [3.8, 4) is 5.75 Å². The molecule has 1 fully saturated rings. The summed E-state index contributed by atoms with van der Waals surface area (Å²) in [4.78, 5) is 0. The van der Waals surface area contributed by atoms with Gasteiger partial charge in [-0.3, -0.25) is 0 Å². The summed E-state index contributed by atoms with van der Waals surface area (Å²) in [5.74, 6) is 1.29. The van der Waals surface area contributed by atoms with Crippen LogP contribution in [0.1, 0.15) is 38.2 Å². The predicted molar refractivity (Wildman–Crippen MR) is 85.0 cm³/mol. The quantitative estimate of drug-likeness (QED) is 0.876. The summed E-state index contributed by atoms with van der Waals surface area (Å²) in [6, 6.07) is 7.48. The van der Waals surface area contributed by atoms with Gasteiger partial charge in [-0.15, -0.1) is 0 Å². The Morgan fingerprint density at radius 2 is 2.14 bits per heavy atom. The summed E-state index contributed by atoms with van der Waals surface area (Å²) in [6.45, 7) is 2.80. The molecule has 1 aromatic rings. The Morgan fingerprint density at radius 3 is 2.86 bits per heavy atom. The van der Waals surface area contributed by atoms with Crippen LogP contribution in [0.15, 0.2) is 24.3 Å². The van der Waals surface area contributed by atoms with Crippen molar-refractivity contribution >= 4 is 9.84 Å². The fraction of sp³-hybridized carbons (Fsp3) is 0.625. The van der Waals surface area contributed by atoms with Gasteiger partial charge in [0, 0.05) is 6.54 Å². The number of benzene rings is 1. The molecule has 0 spiro atoms. The van der Waals surface area contributed by atoms with E-state index in [4.69, 9.17) is 10.5 Å². The molecule has 0 heterocycles. The van der Waals surface area contributed by atoms with Gasteiger partial charge in [0.15, 0.2) is 9.84 Å². The zero-order chi connectivity index (χ0) is 15.3. The zero-order valence-corrected chi connectivity index (χ0v) is 13.4. The largest absolute Gasteiger partial charge is 0.493 e. The second-order valence-electron chi connectivity index (χ2n) is 5.96. The van der Waals surface area contributed by atoms with Crippen LogP contribution in [-0.4, -0.2) is 26.0 Å². The molecule has 118 valence electrons. The normalized spacial score (nSPS) is 23.0. The van der Waals surface area contributed by atoms with Crippen molar-refractivity contribution in [3.05, 3.63) is 29.8 Å². The number of nitrogens with two attached hydrogens (primary N) is 1. The van der Waals surface area contributed by atoms with Crippen LogP contribution in [0.25, 0.3) is 0 Å². The first kappa shape index (κ1) is 16.3. The fourth-order valence-electron chi connectivity index (χ4n) is 2.91. The van der Waals surface area contributed by atoms with Crippen LogP contribution in [0.3, 0.4) is 0 Å². The summed E-state index contributed by atoms with van der Waals surface area (Å²) in [7, 11) is -3.05. The van der Waals surface area contributed by atoms with E-state index in [9.17, 15) is 8.42 Å². The smallest absolute Gasteiger partial charge is 0.156 e. The Morgan fingerprint density at radius 1 is 1.33 bits per heavy atom. The SMILES string of the molecule is CC1CCCC(S(=O)(=O)CCOc2cccc(CN)c2)C1. The highest BCUT2D eigenvalue weighted by Gasteiger charge is 2.29. The molecule has 2 N–H and O–H groups in total. The molecular weight excluding hydrogens is 286 g/mol. The maximum absolute atomic E-state index is 12.3. The minimum atomic E-state index is -3.05. The van der Waals surface area contributed by atoms with Crippen LogP contribution in [0, 0.1) is 5.92 Å². The topological polar surface area (TPSA) is 69.4 Å². The first-order valence-electron chi connectivity index (χ1n) is 7.64. The fourth-order valence-corrected chi connectivity index (χ4v) is 4.71. The first-order valence-corrected chi connectivity index (χ1v) is 9.36. The minimum absolute atomic E-state index is 0.0945. The van der Waals surface area contributed by atoms with Gasteiger partial charge in [0.1, 0.15) is 12.4 Å². The number of ether oxygens (including phenoxy) is 1. The molecule has 0 bridgehead atoms. The second-order valence-corrected chi connectivity index (χ2v) is 8.36. The third kappa shape index (κ3) is 4.71. The molecule has 1 saturated carbocycles. The Kier molecular flexibility index (Phi) is 5.65. The van der Waals surface area contributed by atoms with E-state index in [-0.39, 0.29) is 17.6 Å². The molecule has 5 heteroatoms. The third-order valence-corrected chi connectivity index (χ3v) is 6.35. The van der Waals surface area contributed by atoms with Crippen LogP contribution in [-0.2, 0) is 16.4 Å². The monoisotopic (exact) mass is 311 g/mol. The molecule has 0 aromatic heterocycles. The number of hydrogen-bond acceptors (Lipinski definition) is 4. The van der Waals surface area contributed by atoms with Gasteiger partial charge in [-0.1, -0.05) is 31.9 Å². The van der Waals surface area contributed by atoms with Crippen LogP contribution in [0.2, 0.25) is 0 Å². The molecule has 1 aliphatic rings. The summed E-state index contributed by atoms with van der Waals surface area (Å²) >= 11 is 0. The van der Waals surface area contributed by atoms with E-state index in [2.05, 4.69) is 6.92 Å². The number of sulfone groups is 1. The molecule has 0 radical (unpaired) electrons. The molecule has 2 unspecified atom stereocenters. The van der Waals surface area contributed by atoms with Gasteiger partial charge in [-0.2, -0.15) is 0 Å². The Balaban J connectivity index is 1.86. The summed E-state index contributed by atoms with van der Waals surface area (Å²) in [5.41, 5.74) is 6.56. The predicted octanol–water partition coefficient (Wildman–Crippen LogP) is 2.52. The highest BCUT2D eigenvalue weighted by atomic mass is 32.2. The van der Waals surface area contributed by atoms with Crippen LogP contribution in [0.5, 0.6) is 5.75 Å². The molecule has 2 atom stereocenters. The molecular formula is C16H25NO3S. The van der Waals surface area contributed by atoms with Crippen molar-refractivity contribution < 1.29 is 13.2 Å². The number of rotatable bonds is 6. The third-order valence-electron chi connectivity index (χ3n) is 4.17. The van der Waals surface area contributed by atoms with Gasteiger partial charge in [-0.05, 0) is 36.5 Å².